The predicted octanol–water partition coefficient (Wildman–Crippen LogP) is 3.01. The number of rotatable bonds is 3. The molecule has 0 fully saturated rings. The molecule has 0 aliphatic rings. The van der Waals surface area contributed by atoms with Gasteiger partial charge >= 0.3 is 0 Å². The van der Waals surface area contributed by atoms with Crippen LogP contribution in [0.25, 0.3) is 10.6 Å². The number of hydrogen-bond acceptors (Lipinski definition) is 5. The summed E-state index contributed by atoms with van der Waals surface area (Å²) in [7, 11) is 0. The molecule has 2 aromatic heterocycles. The Labute approximate surface area is 90.8 Å². The fourth-order valence-corrected chi connectivity index (χ4v) is 2.82. The third kappa shape index (κ3) is 1.78. The Bertz CT molecular complexity index is 419. The van der Waals surface area contributed by atoms with Gasteiger partial charge in [-0.15, -0.1) is 21.5 Å². The van der Waals surface area contributed by atoms with Crippen molar-refractivity contribution in [3.63, 3.8) is 0 Å². The Morgan fingerprint density at radius 2 is 2.29 bits per heavy atom. The lowest BCUT2D eigenvalue weighted by Gasteiger charge is -1.92. The van der Waals surface area contributed by atoms with Gasteiger partial charge in [0.05, 0.1) is 0 Å². The molecule has 0 aliphatic heterocycles. The molecule has 5 heteroatoms. The number of aryl methyl sites for hydroxylation is 1. The van der Waals surface area contributed by atoms with Gasteiger partial charge in [-0.05, 0) is 25.3 Å². The van der Waals surface area contributed by atoms with E-state index in [9.17, 15) is 0 Å². The summed E-state index contributed by atoms with van der Waals surface area (Å²) in [5.74, 6) is 0. The molecule has 74 valence electrons. The Morgan fingerprint density at radius 1 is 1.43 bits per heavy atom. The van der Waals surface area contributed by atoms with E-state index in [4.69, 9.17) is 0 Å². The van der Waals surface area contributed by atoms with Gasteiger partial charge in [0, 0.05) is 17.0 Å². The zero-order valence-corrected chi connectivity index (χ0v) is 9.71. The van der Waals surface area contributed by atoms with Crippen LogP contribution in [0.4, 0.5) is 5.13 Å². The van der Waals surface area contributed by atoms with Crippen LogP contribution in [-0.2, 0) is 0 Å². The van der Waals surface area contributed by atoms with Crippen molar-refractivity contribution < 1.29 is 0 Å². The van der Waals surface area contributed by atoms with Gasteiger partial charge in [-0.3, -0.25) is 0 Å². The molecule has 0 bridgehead atoms. The van der Waals surface area contributed by atoms with E-state index in [0.29, 0.717) is 0 Å². The summed E-state index contributed by atoms with van der Waals surface area (Å²) in [4.78, 5) is 1.30. The molecule has 0 saturated carbocycles. The topological polar surface area (TPSA) is 37.8 Å². The lowest BCUT2D eigenvalue weighted by Crippen LogP contribution is -1.94. The second kappa shape index (κ2) is 4.06. The molecule has 0 saturated heterocycles. The minimum atomic E-state index is 0.886. The predicted molar refractivity (Wildman–Crippen MR) is 62.1 cm³/mol. The van der Waals surface area contributed by atoms with Gasteiger partial charge in [0.2, 0.25) is 5.13 Å². The van der Waals surface area contributed by atoms with Gasteiger partial charge in [-0.1, -0.05) is 11.3 Å². The SMILES string of the molecule is CCNc1nnc(-c2ccsc2C)s1. The molecule has 14 heavy (non-hydrogen) atoms. The zero-order valence-electron chi connectivity index (χ0n) is 8.07. The van der Waals surface area contributed by atoms with Crippen molar-refractivity contribution in [2.45, 2.75) is 13.8 Å². The van der Waals surface area contributed by atoms with E-state index < -0.39 is 0 Å². The Morgan fingerprint density at radius 3 is 2.93 bits per heavy atom. The van der Waals surface area contributed by atoms with Crippen molar-refractivity contribution in [3.05, 3.63) is 16.3 Å². The average Bonchev–Trinajstić information content (AvgIpc) is 2.74. The first-order chi connectivity index (χ1) is 6.81. The third-order valence-corrected chi connectivity index (χ3v) is 3.60. The van der Waals surface area contributed by atoms with Crippen LogP contribution in [0.3, 0.4) is 0 Å². The van der Waals surface area contributed by atoms with E-state index in [1.54, 1.807) is 22.7 Å². The molecule has 0 aromatic carbocycles. The fraction of sp³-hybridized carbons (Fsp3) is 0.333. The Hall–Kier alpha value is -0.940. The fourth-order valence-electron chi connectivity index (χ4n) is 1.16. The summed E-state index contributed by atoms with van der Waals surface area (Å²) >= 11 is 3.34. The van der Waals surface area contributed by atoms with E-state index in [0.717, 1.165) is 16.7 Å². The standard InChI is InChI=1S/C9H11N3S2/c1-3-10-9-12-11-8(14-9)7-4-5-13-6(7)2/h4-5H,3H2,1-2H3,(H,10,12). The minimum Gasteiger partial charge on any atom is -0.360 e. The molecular weight excluding hydrogens is 214 g/mol. The van der Waals surface area contributed by atoms with Crippen LogP contribution in [0.2, 0.25) is 0 Å². The van der Waals surface area contributed by atoms with Gasteiger partial charge in [-0.25, -0.2) is 0 Å². The molecule has 0 amide bonds. The molecule has 2 rings (SSSR count). The zero-order chi connectivity index (χ0) is 9.97. The van der Waals surface area contributed by atoms with E-state index in [2.05, 4.69) is 40.8 Å². The quantitative estimate of drug-likeness (QED) is 0.872. The van der Waals surface area contributed by atoms with Crippen molar-refractivity contribution in [2.75, 3.05) is 11.9 Å². The highest BCUT2D eigenvalue weighted by atomic mass is 32.1. The molecular formula is C9H11N3S2. The number of nitrogens with one attached hydrogen (secondary N) is 1. The van der Waals surface area contributed by atoms with E-state index >= 15 is 0 Å². The van der Waals surface area contributed by atoms with Crippen LogP contribution >= 0.6 is 22.7 Å². The number of anilines is 1. The summed E-state index contributed by atoms with van der Waals surface area (Å²) in [6.07, 6.45) is 0. The molecule has 1 N–H and O–H groups in total. The van der Waals surface area contributed by atoms with E-state index in [-0.39, 0.29) is 0 Å². The number of nitrogens with zero attached hydrogens (tertiary/aromatic N) is 2. The van der Waals surface area contributed by atoms with Gasteiger partial charge in [0.15, 0.2) is 5.01 Å². The van der Waals surface area contributed by atoms with Crippen LogP contribution in [0, 0.1) is 6.92 Å². The molecule has 2 aromatic rings. The first-order valence-corrected chi connectivity index (χ1v) is 6.12. The molecule has 0 radical (unpaired) electrons. The lowest BCUT2D eigenvalue weighted by molar-refractivity contribution is 1.07. The third-order valence-electron chi connectivity index (χ3n) is 1.84. The van der Waals surface area contributed by atoms with E-state index in [1.165, 1.54) is 10.4 Å². The molecule has 3 nitrogen and oxygen atoms in total. The van der Waals surface area contributed by atoms with E-state index in [1.807, 2.05) is 0 Å². The van der Waals surface area contributed by atoms with Crippen molar-refractivity contribution in [2.24, 2.45) is 0 Å². The highest BCUT2D eigenvalue weighted by molar-refractivity contribution is 7.19. The first-order valence-electron chi connectivity index (χ1n) is 4.43. The molecule has 0 atom stereocenters. The van der Waals surface area contributed by atoms with Crippen LogP contribution in [-0.4, -0.2) is 16.7 Å². The Kier molecular flexibility index (Phi) is 2.79. The van der Waals surface area contributed by atoms with Crippen LogP contribution < -0.4 is 5.32 Å². The van der Waals surface area contributed by atoms with Crippen molar-refractivity contribution in [1.82, 2.24) is 10.2 Å². The highest BCUT2D eigenvalue weighted by Gasteiger charge is 2.08. The summed E-state index contributed by atoms with van der Waals surface area (Å²) in [5, 5.41) is 15.4. The van der Waals surface area contributed by atoms with Crippen molar-refractivity contribution >= 4 is 27.8 Å². The molecule has 0 aliphatic carbocycles. The van der Waals surface area contributed by atoms with Gasteiger partial charge < -0.3 is 5.32 Å². The van der Waals surface area contributed by atoms with Crippen molar-refractivity contribution in [3.8, 4) is 10.6 Å². The van der Waals surface area contributed by atoms with Gasteiger partial charge in [0.25, 0.3) is 0 Å². The van der Waals surface area contributed by atoms with Crippen LogP contribution in [0.5, 0.6) is 0 Å². The maximum Gasteiger partial charge on any atom is 0.205 e. The molecule has 2 heterocycles. The highest BCUT2D eigenvalue weighted by Crippen LogP contribution is 2.31. The largest absolute Gasteiger partial charge is 0.360 e. The van der Waals surface area contributed by atoms with Crippen LogP contribution in [0.15, 0.2) is 11.4 Å². The van der Waals surface area contributed by atoms with Crippen LogP contribution in [0.1, 0.15) is 11.8 Å². The minimum absolute atomic E-state index is 0.886. The second-order valence-corrected chi connectivity index (χ2v) is 4.93. The van der Waals surface area contributed by atoms with Crippen molar-refractivity contribution in [1.29, 1.82) is 0 Å². The number of thiophene rings is 1. The average molecular weight is 225 g/mol. The second-order valence-electron chi connectivity index (χ2n) is 2.83. The van der Waals surface area contributed by atoms with Gasteiger partial charge in [-0.2, -0.15) is 0 Å². The Balaban J connectivity index is 2.29. The smallest absolute Gasteiger partial charge is 0.205 e. The normalized spacial score (nSPS) is 10.4. The molecule has 0 spiro atoms. The first kappa shape index (κ1) is 9.61. The van der Waals surface area contributed by atoms with Gasteiger partial charge in [0.1, 0.15) is 0 Å². The monoisotopic (exact) mass is 225 g/mol. The summed E-state index contributed by atoms with van der Waals surface area (Å²) in [6.45, 7) is 5.04. The number of hydrogen-bond donors (Lipinski definition) is 1. The molecule has 0 unspecified atom stereocenters. The summed E-state index contributed by atoms with van der Waals surface area (Å²) in [5.41, 5.74) is 1.21. The maximum absolute atomic E-state index is 4.15. The summed E-state index contributed by atoms with van der Waals surface area (Å²) < 4.78 is 0. The summed E-state index contributed by atoms with van der Waals surface area (Å²) in [6, 6.07) is 2.09. The lowest BCUT2D eigenvalue weighted by atomic mass is 10.3. The maximum atomic E-state index is 4.15. The number of aromatic nitrogens is 2.